The van der Waals surface area contributed by atoms with Crippen LogP contribution in [-0.4, -0.2) is 0 Å². The average Bonchev–Trinajstić information content (AvgIpc) is 3.68. The molecule has 1 heteroatoms. The van der Waals surface area contributed by atoms with Crippen molar-refractivity contribution in [2.45, 2.75) is 5.41 Å². The van der Waals surface area contributed by atoms with Crippen LogP contribution in [0.2, 0.25) is 0 Å². The van der Waals surface area contributed by atoms with Crippen molar-refractivity contribution in [1.82, 2.24) is 0 Å². The molecule has 0 unspecified atom stereocenters. The summed E-state index contributed by atoms with van der Waals surface area (Å²) in [6.45, 7) is 0. The van der Waals surface area contributed by atoms with Crippen LogP contribution < -0.4 is 4.90 Å². The lowest BCUT2D eigenvalue weighted by atomic mass is 9.67. The fraction of sp³-hybridized carbons (Fsp3) is 0.0159. The summed E-state index contributed by atoms with van der Waals surface area (Å²) < 4.78 is 0. The van der Waals surface area contributed by atoms with E-state index in [4.69, 9.17) is 0 Å². The summed E-state index contributed by atoms with van der Waals surface area (Å²) in [6, 6.07) is 95.7. The maximum Gasteiger partial charge on any atom is 0.0714 e. The molecule has 1 aliphatic carbocycles. The van der Waals surface area contributed by atoms with E-state index in [1.165, 1.54) is 88.3 Å². The molecule has 0 spiro atoms. The van der Waals surface area contributed by atoms with Crippen molar-refractivity contribution in [3.63, 3.8) is 0 Å². The Morgan fingerprint density at radius 2 is 0.703 bits per heavy atom. The minimum absolute atomic E-state index is 0.488. The number of fused-ring (bicyclic) bond motifs is 6. The van der Waals surface area contributed by atoms with Crippen LogP contribution in [0.4, 0.5) is 17.1 Å². The second-order valence-electron chi connectivity index (χ2n) is 16.8. The molecule has 12 rings (SSSR count). The van der Waals surface area contributed by atoms with Crippen LogP contribution in [0.15, 0.2) is 261 Å². The highest BCUT2D eigenvalue weighted by Gasteiger charge is 2.46. The van der Waals surface area contributed by atoms with Gasteiger partial charge in [0.25, 0.3) is 0 Å². The van der Waals surface area contributed by atoms with Crippen molar-refractivity contribution in [1.29, 1.82) is 0 Å². The first-order valence-electron chi connectivity index (χ1n) is 22.2. The highest BCUT2D eigenvalue weighted by Crippen LogP contribution is 2.57. The minimum Gasteiger partial charge on any atom is -0.310 e. The Morgan fingerprint density at radius 1 is 0.250 bits per heavy atom. The van der Waals surface area contributed by atoms with Crippen LogP contribution in [0.1, 0.15) is 22.3 Å². The van der Waals surface area contributed by atoms with Gasteiger partial charge in [-0.1, -0.05) is 218 Å². The van der Waals surface area contributed by atoms with E-state index in [2.05, 4.69) is 266 Å². The zero-order valence-corrected chi connectivity index (χ0v) is 35.3. The lowest BCUT2D eigenvalue weighted by molar-refractivity contribution is 0.768. The zero-order valence-electron chi connectivity index (χ0n) is 35.3. The predicted molar refractivity (Wildman–Crippen MR) is 270 cm³/mol. The molecular formula is C63H43N. The van der Waals surface area contributed by atoms with Gasteiger partial charge in [-0.25, -0.2) is 0 Å². The summed E-state index contributed by atoms with van der Waals surface area (Å²) in [4.78, 5) is 2.40. The third kappa shape index (κ3) is 6.01. The molecule has 0 amide bonds. The van der Waals surface area contributed by atoms with Gasteiger partial charge in [-0.05, 0) is 131 Å². The third-order valence-electron chi connectivity index (χ3n) is 13.3. The molecule has 0 aromatic heterocycles. The Balaban J connectivity index is 0.996. The van der Waals surface area contributed by atoms with E-state index in [0.717, 1.165) is 17.1 Å². The van der Waals surface area contributed by atoms with Crippen molar-refractivity contribution in [2.24, 2.45) is 0 Å². The summed E-state index contributed by atoms with van der Waals surface area (Å²) >= 11 is 0. The van der Waals surface area contributed by atoms with Crippen molar-refractivity contribution in [3.8, 4) is 44.5 Å². The number of rotatable bonds is 8. The molecule has 1 nitrogen and oxygen atoms in total. The molecule has 0 bridgehead atoms. The second-order valence-corrected chi connectivity index (χ2v) is 16.8. The lowest BCUT2D eigenvalue weighted by Crippen LogP contribution is -2.28. The van der Waals surface area contributed by atoms with Gasteiger partial charge in [-0.15, -0.1) is 0 Å². The highest BCUT2D eigenvalue weighted by atomic mass is 15.1. The van der Waals surface area contributed by atoms with Crippen LogP contribution in [0.3, 0.4) is 0 Å². The number of hydrogen-bond donors (Lipinski definition) is 0. The topological polar surface area (TPSA) is 3.24 Å². The maximum absolute atomic E-state index is 2.44. The molecule has 0 heterocycles. The van der Waals surface area contributed by atoms with E-state index < -0.39 is 5.41 Å². The Hall–Kier alpha value is -8.26. The molecule has 0 fully saturated rings. The van der Waals surface area contributed by atoms with Crippen LogP contribution >= 0.6 is 0 Å². The molecule has 11 aromatic rings. The number of nitrogens with zero attached hydrogens (tertiary/aromatic N) is 1. The second kappa shape index (κ2) is 15.6. The SMILES string of the molecule is c1ccc(-c2c(-c3cccc(-c4ccc(N(c5ccccc5)c5ccc6c(c5)C(c5ccccc5)(c5ccccc5)c5ccccc5-6)cc4)c3)c3ccccc3c3ccccc23)cc1. The Labute approximate surface area is 374 Å². The first-order chi connectivity index (χ1) is 31.8. The molecular weight excluding hydrogens is 771 g/mol. The van der Waals surface area contributed by atoms with Crippen LogP contribution in [0.5, 0.6) is 0 Å². The van der Waals surface area contributed by atoms with E-state index in [1.54, 1.807) is 0 Å². The molecule has 0 atom stereocenters. The van der Waals surface area contributed by atoms with Gasteiger partial charge in [-0.3, -0.25) is 0 Å². The van der Waals surface area contributed by atoms with E-state index in [9.17, 15) is 0 Å². The number of para-hydroxylation sites is 1. The van der Waals surface area contributed by atoms with Crippen LogP contribution in [0, 0.1) is 0 Å². The van der Waals surface area contributed by atoms with Gasteiger partial charge in [-0.2, -0.15) is 0 Å². The monoisotopic (exact) mass is 813 g/mol. The Bertz CT molecular complexity index is 3430. The summed E-state index contributed by atoms with van der Waals surface area (Å²) in [6.07, 6.45) is 0. The molecule has 11 aromatic carbocycles. The molecule has 64 heavy (non-hydrogen) atoms. The lowest BCUT2D eigenvalue weighted by Gasteiger charge is -2.35. The summed E-state index contributed by atoms with van der Waals surface area (Å²) in [5.74, 6) is 0. The van der Waals surface area contributed by atoms with Gasteiger partial charge in [0.2, 0.25) is 0 Å². The standard InChI is InChI=1S/C63H43N/c1-5-20-45(21-6-1)61-57-33-15-13-30-53(57)54-31-14-16-34-58(54)62(61)47-23-19-22-46(42-47)44-36-38-51(39-37-44)64(50-28-11-4-12-29-50)52-40-41-56-55-32-17-18-35-59(55)63(60(56)43-52,48-24-7-2-8-25-48)49-26-9-3-10-27-49/h1-43H. The molecule has 0 N–H and O–H groups in total. The Kier molecular flexibility index (Phi) is 9.13. The normalized spacial score (nSPS) is 12.5. The van der Waals surface area contributed by atoms with Crippen LogP contribution in [0.25, 0.3) is 66.1 Å². The molecule has 1 aliphatic rings. The van der Waals surface area contributed by atoms with Gasteiger partial charge >= 0.3 is 0 Å². The third-order valence-corrected chi connectivity index (χ3v) is 13.3. The summed E-state index contributed by atoms with van der Waals surface area (Å²) in [5.41, 5.74) is 17.8. The van der Waals surface area contributed by atoms with E-state index in [-0.39, 0.29) is 0 Å². The minimum atomic E-state index is -0.488. The summed E-state index contributed by atoms with van der Waals surface area (Å²) in [7, 11) is 0. The molecule has 0 aliphatic heterocycles. The first-order valence-corrected chi connectivity index (χ1v) is 22.2. The number of hydrogen-bond acceptors (Lipinski definition) is 1. The largest absolute Gasteiger partial charge is 0.310 e. The fourth-order valence-corrected chi connectivity index (χ4v) is 10.6. The van der Waals surface area contributed by atoms with E-state index in [1.807, 2.05) is 0 Å². The summed E-state index contributed by atoms with van der Waals surface area (Å²) in [5, 5.41) is 5.06. The highest BCUT2D eigenvalue weighted by molar-refractivity contribution is 6.21. The maximum atomic E-state index is 2.44. The van der Waals surface area contributed by atoms with Crippen molar-refractivity contribution in [3.05, 3.63) is 283 Å². The average molecular weight is 814 g/mol. The molecule has 0 saturated heterocycles. The fourth-order valence-electron chi connectivity index (χ4n) is 10.6. The molecule has 0 saturated carbocycles. The Morgan fingerprint density at radius 3 is 1.34 bits per heavy atom. The smallest absolute Gasteiger partial charge is 0.0714 e. The zero-order chi connectivity index (χ0) is 42.5. The number of anilines is 3. The van der Waals surface area contributed by atoms with Crippen LogP contribution in [-0.2, 0) is 5.41 Å². The van der Waals surface area contributed by atoms with Crippen molar-refractivity contribution >= 4 is 38.6 Å². The van der Waals surface area contributed by atoms with Gasteiger partial charge in [0.15, 0.2) is 0 Å². The van der Waals surface area contributed by atoms with Gasteiger partial charge in [0.1, 0.15) is 0 Å². The van der Waals surface area contributed by atoms with Crippen molar-refractivity contribution < 1.29 is 0 Å². The molecule has 300 valence electrons. The quantitative estimate of drug-likeness (QED) is 0.138. The van der Waals surface area contributed by atoms with Gasteiger partial charge < -0.3 is 4.90 Å². The number of benzene rings is 11. The van der Waals surface area contributed by atoms with Crippen molar-refractivity contribution in [2.75, 3.05) is 4.90 Å². The van der Waals surface area contributed by atoms with Gasteiger partial charge in [0.05, 0.1) is 5.41 Å². The van der Waals surface area contributed by atoms with Gasteiger partial charge in [0, 0.05) is 17.1 Å². The van der Waals surface area contributed by atoms with E-state index in [0.29, 0.717) is 0 Å². The first kappa shape index (κ1) is 37.5. The predicted octanol–water partition coefficient (Wildman–Crippen LogP) is 16.8. The molecule has 0 radical (unpaired) electrons. The van der Waals surface area contributed by atoms with E-state index >= 15 is 0 Å².